The number of ether oxygens (including phenoxy) is 2. The summed E-state index contributed by atoms with van der Waals surface area (Å²) < 4.78 is 38.9. The molecule has 33 heavy (non-hydrogen) atoms. The molecule has 1 heterocycles. The average Bonchev–Trinajstić information content (AvgIpc) is 2.83. The van der Waals surface area contributed by atoms with E-state index in [9.17, 15) is 18.0 Å². The van der Waals surface area contributed by atoms with Gasteiger partial charge in [0.2, 0.25) is 6.10 Å². The Morgan fingerprint density at radius 2 is 1.64 bits per heavy atom. The summed E-state index contributed by atoms with van der Waals surface area (Å²) in [7, 11) is -3.91. The molecule has 1 aliphatic rings. The summed E-state index contributed by atoms with van der Waals surface area (Å²) in [4.78, 5) is 24.8. The van der Waals surface area contributed by atoms with Gasteiger partial charge in [-0.3, -0.25) is 25.2 Å². The zero-order valence-electron chi connectivity index (χ0n) is 17.6. The third-order valence-electron chi connectivity index (χ3n) is 4.81. The number of anilines is 1. The topological polar surface area (TPSA) is 123 Å². The summed E-state index contributed by atoms with van der Waals surface area (Å²) in [5.74, 6) is -0.340. The van der Waals surface area contributed by atoms with E-state index in [1.165, 1.54) is 24.3 Å². The number of hydrogen-bond acceptors (Lipinski definition) is 6. The molecule has 4 rings (SSSR count). The van der Waals surface area contributed by atoms with E-state index >= 15 is 0 Å². The van der Waals surface area contributed by atoms with Crippen LogP contribution in [0.3, 0.4) is 0 Å². The number of nitrogens with one attached hydrogen (secondary N) is 3. The van der Waals surface area contributed by atoms with Crippen molar-refractivity contribution in [2.45, 2.75) is 17.9 Å². The molecule has 0 spiro atoms. The van der Waals surface area contributed by atoms with E-state index in [0.717, 1.165) is 5.56 Å². The van der Waals surface area contributed by atoms with E-state index < -0.39 is 27.9 Å². The van der Waals surface area contributed by atoms with Crippen molar-refractivity contribution in [3.63, 3.8) is 0 Å². The highest BCUT2D eigenvalue weighted by molar-refractivity contribution is 7.92. The lowest BCUT2D eigenvalue weighted by Crippen LogP contribution is -2.50. The molecule has 0 aliphatic carbocycles. The summed E-state index contributed by atoms with van der Waals surface area (Å²) in [6.45, 7) is 1.88. The summed E-state index contributed by atoms with van der Waals surface area (Å²) in [5, 5.41) is 0. The number of fused-ring (bicyclic) bond motifs is 1. The smallest absolute Gasteiger partial charge is 0.283 e. The molecule has 0 unspecified atom stereocenters. The van der Waals surface area contributed by atoms with Crippen LogP contribution in [0, 0.1) is 6.92 Å². The predicted octanol–water partition coefficient (Wildman–Crippen LogP) is 2.40. The number of carbonyl (C=O) groups excluding carboxylic acids is 2. The first kappa shape index (κ1) is 22.2. The Labute approximate surface area is 190 Å². The number of hydrazine groups is 1. The summed E-state index contributed by atoms with van der Waals surface area (Å²) >= 11 is 0. The molecule has 0 saturated heterocycles. The first-order chi connectivity index (χ1) is 15.8. The number of hydrogen-bond donors (Lipinski definition) is 3. The molecule has 2 amide bonds. The Hall–Kier alpha value is -4.05. The summed E-state index contributed by atoms with van der Waals surface area (Å²) in [5.41, 5.74) is 5.99. The molecule has 1 aliphatic heterocycles. The first-order valence-corrected chi connectivity index (χ1v) is 11.5. The maximum atomic E-state index is 12.7. The van der Waals surface area contributed by atoms with E-state index in [1.807, 2.05) is 6.92 Å². The van der Waals surface area contributed by atoms with Crippen LogP contribution in [0.15, 0.2) is 77.7 Å². The highest BCUT2D eigenvalue weighted by atomic mass is 32.2. The van der Waals surface area contributed by atoms with Crippen molar-refractivity contribution in [3.8, 4) is 11.5 Å². The van der Waals surface area contributed by atoms with Crippen LogP contribution in [-0.4, -0.2) is 32.9 Å². The van der Waals surface area contributed by atoms with Crippen LogP contribution in [0.2, 0.25) is 0 Å². The second kappa shape index (κ2) is 9.21. The molecule has 9 nitrogen and oxygen atoms in total. The van der Waals surface area contributed by atoms with Gasteiger partial charge in [0, 0.05) is 11.3 Å². The van der Waals surface area contributed by atoms with Gasteiger partial charge in [0.15, 0.2) is 11.5 Å². The molecule has 0 bridgehead atoms. The zero-order valence-corrected chi connectivity index (χ0v) is 18.4. The van der Waals surface area contributed by atoms with Crippen LogP contribution in [0.25, 0.3) is 0 Å². The molecule has 0 saturated carbocycles. The van der Waals surface area contributed by atoms with Crippen molar-refractivity contribution in [3.05, 3.63) is 83.9 Å². The van der Waals surface area contributed by atoms with Crippen molar-refractivity contribution in [1.82, 2.24) is 10.9 Å². The predicted molar refractivity (Wildman–Crippen MR) is 120 cm³/mol. The van der Waals surface area contributed by atoms with E-state index in [4.69, 9.17) is 9.47 Å². The van der Waals surface area contributed by atoms with Gasteiger partial charge in [-0.15, -0.1) is 0 Å². The quantitative estimate of drug-likeness (QED) is 0.495. The number of aryl methyl sites for hydroxylation is 1. The van der Waals surface area contributed by atoms with Gasteiger partial charge >= 0.3 is 0 Å². The highest BCUT2D eigenvalue weighted by Crippen LogP contribution is 2.30. The molecule has 3 N–H and O–H groups in total. The highest BCUT2D eigenvalue weighted by Gasteiger charge is 2.27. The van der Waals surface area contributed by atoms with Gasteiger partial charge in [0.05, 0.1) is 4.90 Å². The minimum Gasteiger partial charge on any atom is -0.485 e. The lowest BCUT2D eigenvalue weighted by Gasteiger charge is -2.25. The molecule has 0 fully saturated rings. The monoisotopic (exact) mass is 467 g/mol. The standard InChI is InChI=1S/C23H21N3O6S/c1-15-9-11-17(12-10-15)26-33(29,30)18-6-4-5-16(13-18)22(27)24-25-23(28)21-14-31-19-7-2-3-8-20(19)32-21/h2-13,21,26H,14H2,1H3,(H,24,27)(H,25,28)/t21-/m0/s1. The van der Waals surface area contributed by atoms with E-state index in [-0.39, 0.29) is 17.1 Å². The van der Waals surface area contributed by atoms with Gasteiger partial charge in [-0.2, -0.15) is 0 Å². The maximum absolute atomic E-state index is 12.7. The lowest BCUT2D eigenvalue weighted by atomic mass is 10.2. The number of amides is 2. The summed E-state index contributed by atoms with van der Waals surface area (Å²) in [6, 6.07) is 19.2. The molecule has 10 heteroatoms. The Morgan fingerprint density at radius 3 is 2.39 bits per heavy atom. The molecule has 0 aromatic heterocycles. The van der Waals surface area contributed by atoms with Gasteiger partial charge in [0.1, 0.15) is 6.61 Å². The van der Waals surface area contributed by atoms with Gasteiger partial charge < -0.3 is 9.47 Å². The van der Waals surface area contributed by atoms with Crippen LogP contribution in [0.4, 0.5) is 5.69 Å². The molecule has 0 radical (unpaired) electrons. The van der Waals surface area contributed by atoms with Crippen molar-refractivity contribution in [2.75, 3.05) is 11.3 Å². The average molecular weight is 468 g/mol. The largest absolute Gasteiger partial charge is 0.485 e. The van der Waals surface area contributed by atoms with Crippen molar-refractivity contribution in [1.29, 1.82) is 0 Å². The third kappa shape index (κ3) is 5.24. The Bertz CT molecular complexity index is 1290. The maximum Gasteiger partial charge on any atom is 0.283 e. The zero-order chi connectivity index (χ0) is 23.4. The fourth-order valence-corrected chi connectivity index (χ4v) is 4.16. The lowest BCUT2D eigenvalue weighted by molar-refractivity contribution is -0.131. The SMILES string of the molecule is Cc1ccc(NS(=O)(=O)c2cccc(C(=O)NNC(=O)[C@@H]3COc4ccccc4O3)c2)cc1. The minimum atomic E-state index is -3.91. The second-order valence-corrected chi connectivity index (χ2v) is 8.99. The van der Waals surface area contributed by atoms with Crippen molar-refractivity contribution < 1.29 is 27.5 Å². The fourth-order valence-electron chi connectivity index (χ4n) is 3.06. The molecule has 3 aromatic rings. The Kier molecular flexibility index (Phi) is 6.18. The summed E-state index contributed by atoms with van der Waals surface area (Å²) in [6.07, 6.45) is -0.953. The molecule has 170 valence electrons. The molecule has 1 atom stereocenters. The first-order valence-electron chi connectivity index (χ1n) is 10.00. The van der Waals surface area contributed by atoms with Crippen LogP contribution < -0.4 is 25.0 Å². The minimum absolute atomic E-state index is 0.0167. The second-order valence-electron chi connectivity index (χ2n) is 7.31. The van der Waals surface area contributed by atoms with Crippen LogP contribution in [0.1, 0.15) is 15.9 Å². The Morgan fingerprint density at radius 1 is 0.909 bits per heavy atom. The van der Waals surface area contributed by atoms with E-state index in [2.05, 4.69) is 15.6 Å². The van der Waals surface area contributed by atoms with Crippen molar-refractivity contribution in [2.24, 2.45) is 0 Å². The number of carbonyl (C=O) groups is 2. The van der Waals surface area contributed by atoms with Gasteiger partial charge in [0.25, 0.3) is 21.8 Å². The number of benzene rings is 3. The number of para-hydroxylation sites is 2. The third-order valence-corrected chi connectivity index (χ3v) is 6.19. The van der Waals surface area contributed by atoms with Gasteiger partial charge in [-0.05, 0) is 49.4 Å². The van der Waals surface area contributed by atoms with Crippen LogP contribution >= 0.6 is 0 Å². The van der Waals surface area contributed by atoms with Crippen LogP contribution in [-0.2, 0) is 14.8 Å². The fraction of sp³-hybridized carbons (Fsp3) is 0.130. The molecule has 3 aromatic carbocycles. The van der Waals surface area contributed by atoms with E-state index in [0.29, 0.717) is 17.2 Å². The van der Waals surface area contributed by atoms with E-state index in [1.54, 1.807) is 48.5 Å². The van der Waals surface area contributed by atoms with Gasteiger partial charge in [-0.25, -0.2) is 8.42 Å². The normalized spacial score (nSPS) is 14.8. The van der Waals surface area contributed by atoms with Crippen molar-refractivity contribution >= 4 is 27.5 Å². The van der Waals surface area contributed by atoms with Gasteiger partial charge in [-0.1, -0.05) is 35.9 Å². The molecular weight excluding hydrogens is 446 g/mol. The Balaban J connectivity index is 1.38. The number of rotatable bonds is 5. The van der Waals surface area contributed by atoms with Crippen LogP contribution in [0.5, 0.6) is 11.5 Å². The molecular formula is C23H21N3O6S. The number of sulfonamides is 1.